The lowest BCUT2D eigenvalue weighted by Gasteiger charge is -2.15. The van der Waals surface area contributed by atoms with E-state index in [0.29, 0.717) is 23.5 Å². The van der Waals surface area contributed by atoms with Gasteiger partial charge in [0.2, 0.25) is 5.91 Å². The van der Waals surface area contributed by atoms with Crippen molar-refractivity contribution in [2.24, 2.45) is 5.92 Å². The normalized spacial score (nSPS) is 12.2. The van der Waals surface area contributed by atoms with Gasteiger partial charge in [-0.1, -0.05) is 29.8 Å². The summed E-state index contributed by atoms with van der Waals surface area (Å²) >= 11 is 3.31. The number of amides is 1. The van der Waals surface area contributed by atoms with Gasteiger partial charge in [-0.15, -0.1) is 0 Å². The number of hydrogen-bond acceptors (Lipinski definition) is 4. The number of non-ortho nitro benzene ring substituents is 1. The molecule has 2 N–H and O–H groups in total. The zero-order valence-electron chi connectivity index (χ0n) is 12.4. The minimum absolute atomic E-state index is 0.0355. The van der Waals surface area contributed by atoms with Gasteiger partial charge in [0.05, 0.1) is 11.0 Å². The molecule has 0 aliphatic heterocycles. The standard InChI is InChI=1S/C14H20BrN3O3/c1-9(2)7-17-14(19)10(3)16-8-11-4-5-12(18(20)21)6-13(11)15/h4-6,9-10,16H,7-8H2,1-3H3,(H,17,19). The number of rotatable bonds is 7. The van der Waals surface area contributed by atoms with Crippen LogP contribution in [0.1, 0.15) is 26.3 Å². The fraction of sp³-hybridized carbons (Fsp3) is 0.500. The van der Waals surface area contributed by atoms with Crippen LogP contribution in [0, 0.1) is 16.0 Å². The van der Waals surface area contributed by atoms with Crippen LogP contribution in [0.5, 0.6) is 0 Å². The lowest BCUT2D eigenvalue weighted by Crippen LogP contribution is -2.43. The summed E-state index contributed by atoms with van der Waals surface area (Å²) in [5.74, 6) is 0.353. The summed E-state index contributed by atoms with van der Waals surface area (Å²) in [6.45, 7) is 6.95. The predicted octanol–water partition coefficient (Wildman–Crippen LogP) is 2.61. The van der Waals surface area contributed by atoms with E-state index in [1.165, 1.54) is 12.1 Å². The van der Waals surface area contributed by atoms with Crippen molar-refractivity contribution < 1.29 is 9.72 Å². The van der Waals surface area contributed by atoms with Crippen LogP contribution < -0.4 is 10.6 Å². The Morgan fingerprint density at radius 1 is 1.38 bits per heavy atom. The molecule has 1 unspecified atom stereocenters. The van der Waals surface area contributed by atoms with E-state index in [1.54, 1.807) is 13.0 Å². The summed E-state index contributed by atoms with van der Waals surface area (Å²) in [4.78, 5) is 22.0. The predicted molar refractivity (Wildman–Crippen MR) is 84.9 cm³/mol. The maximum Gasteiger partial charge on any atom is 0.270 e. The molecule has 1 atom stereocenters. The van der Waals surface area contributed by atoms with Crippen molar-refractivity contribution in [1.29, 1.82) is 0 Å². The van der Waals surface area contributed by atoms with Gasteiger partial charge >= 0.3 is 0 Å². The van der Waals surface area contributed by atoms with E-state index in [9.17, 15) is 14.9 Å². The first-order valence-corrected chi connectivity index (χ1v) is 7.54. The highest BCUT2D eigenvalue weighted by molar-refractivity contribution is 9.10. The number of halogens is 1. The number of carbonyl (C=O) groups excluding carboxylic acids is 1. The SMILES string of the molecule is CC(C)CNC(=O)C(C)NCc1ccc([N+](=O)[O-])cc1Br. The van der Waals surface area contributed by atoms with Gasteiger partial charge in [-0.2, -0.15) is 0 Å². The smallest absolute Gasteiger partial charge is 0.270 e. The molecule has 1 amide bonds. The first kappa shape index (κ1) is 17.6. The summed E-state index contributed by atoms with van der Waals surface area (Å²) in [7, 11) is 0. The minimum Gasteiger partial charge on any atom is -0.354 e. The summed E-state index contributed by atoms with van der Waals surface area (Å²) in [5.41, 5.74) is 0.900. The van der Waals surface area contributed by atoms with Gasteiger partial charge in [-0.25, -0.2) is 0 Å². The molecule has 7 heteroatoms. The fourth-order valence-electron chi connectivity index (χ4n) is 1.61. The number of nitro groups is 1. The summed E-state index contributed by atoms with van der Waals surface area (Å²) in [5, 5.41) is 16.6. The van der Waals surface area contributed by atoms with Crippen LogP contribution in [-0.2, 0) is 11.3 Å². The Kier molecular flexibility index (Phi) is 6.77. The molecule has 0 aliphatic carbocycles. The van der Waals surface area contributed by atoms with Crippen molar-refractivity contribution in [3.8, 4) is 0 Å². The van der Waals surface area contributed by atoms with Crippen LogP contribution >= 0.6 is 15.9 Å². The van der Waals surface area contributed by atoms with Crippen LogP contribution in [0.2, 0.25) is 0 Å². The Bertz CT molecular complexity index is 520. The second kappa shape index (κ2) is 8.09. The Morgan fingerprint density at radius 2 is 2.05 bits per heavy atom. The maximum absolute atomic E-state index is 11.8. The number of hydrogen-bond donors (Lipinski definition) is 2. The molecule has 0 saturated carbocycles. The van der Waals surface area contributed by atoms with Gasteiger partial charge in [0, 0.05) is 29.7 Å². The molecule has 1 rings (SSSR count). The second-order valence-corrected chi connectivity index (χ2v) is 6.13. The number of nitrogens with zero attached hydrogens (tertiary/aromatic N) is 1. The molecule has 116 valence electrons. The first-order valence-electron chi connectivity index (χ1n) is 6.75. The van der Waals surface area contributed by atoms with E-state index in [2.05, 4.69) is 26.6 Å². The van der Waals surface area contributed by atoms with Crippen LogP contribution in [0.3, 0.4) is 0 Å². The zero-order chi connectivity index (χ0) is 16.0. The first-order chi connectivity index (χ1) is 9.81. The molecule has 0 heterocycles. The average molecular weight is 358 g/mol. The molecular weight excluding hydrogens is 338 g/mol. The van der Waals surface area contributed by atoms with Crippen molar-refractivity contribution in [2.75, 3.05) is 6.54 Å². The van der Waals surface area contributed by atoms with Gasteiger partial charge in [-0.3, -0.25) is 14.9 Å². The van der Waals surface area contributed by atoms with E-state index in [1.807, 2.05) is 13.8 Å². The molecule has 0 saturated heterocycles. The third-order valence-corrected chi connectivity index (χ3v) is 3.66. The number of nitro benzene ring substituents is 1. The molecule has 6 nitrogen and oxygen atoms in total. The molecular formula is C14H20BrN3O3. The fourth-order valence-corrected chi connectivity index (χ4v) is 2.11. The third-order valence-electron chi connectivity index (χ3n) is 2.92. The van der Waals surface area contributed by atoms with E-state index in [0.717, 1.165) is 5.56 Å². The molecule has 1 aromatic rings. The van der Waals surface area contributed by atoms with E-state index >= 15 is 0 Å². The van der Waals surface area contributed by atoms with Gasteiger partial charge < -0.3 is 10.6 Å². The van der Waals surface area contributed by atoms with Crippen molar-refractivity contribution in [1.82, 2.24) is 10.6 Å². The highest BCUT2D eigenvalue weighted by atomic mass is 79.9. The molecule has 1 aromatic carbocycles. The summed E-state index contributed by atoms with van der Waals surface area (Å²) < 4.78 is 0.652. The molecule has 21 heavy (non-hydrogen) atoms. The number of carbonyl (C=O) groups is 1. The Labute approximate surface area is 132 Å². The van der Waals surface area contributed by atoms with Crippen LogP contribution in [-0.4, -0.2) is 23.4 Å². The monoisotopic (exact) mass is 357 g/mol. The highest BCUT2D eigenvalue weighted by Crippen LogP contribution is 2.22. The van der Waals surface area contributed by atoms with Crippen molar-refractivity contribution in [2.45, 2.75) is 33.4 Å². The topological polar surface area (TPSA) is 84.3 Å². The van der Waals surface area contributed by atoms with Crippen molar-refractivity contribution in [3.63, 3.8) is 0 Å². The molecule has 0 spiro atoms. The van der Waals surface area contributed by atoms with Gasteiger partial charge in [0.15, 0.2) is 0 Å². The van der Waals surface area contributed by atoms with Crippen LogP contribution in [0.25, 0.3) is 0 Å². The van der Waals surface area contributed by atoms with Gasteiger partial charge in [0.25, 0.3) is 5.69 Å². The Hall–Kier alpha value is -1.47. The Balaban J connectivity index is 2.55. The number of benzene rings is 1. The van der Waals surface area contributed by atoms with Crippen LogP contribution in [0.15, 0.2) is 22.7 Å². The summed E-state index contributed by atoms with van der Waals surface area (Å²) in [6, 6.07) is 4.26. The maximum atomic E-state index is 11.8. The summed E-state index contributed by atoms with van der Waals surface area (Å²) in [6.07, 6.45) is 0. The molecule has 0 aliphatic rings. The van der Waals surface area contributed by atoms with Crippen molar-refractivity contribution >= 4 is 27.5 Å². The van der Waals surface area contributed by atoms with E-state index in [4.69, 9.17) is 0 Å². The van der Waals surface area contributed by atoms with E-state index < -0.39 is 4.92 Å². The molecule has 0 fully saturated rings. The molecule has 0 radical (unpaired) electrons. The van der Waals surface area contributed by atoms with Crippen molar-refractivity contribution in [3.05, 3.63) is 38.3 Å². The van der Waals surface area contributed by atoms with Crippen LogP contribution in [0.4, 0.5) is 5.69 Å². The highest BCUT2D eigenvalue weighted by Gasteiger charge is 2.14. The van der Waals surface area contributed by atoms with E-state index in [-0.39, 0.29) is 17.6 Å². The largest absolute Gasteiger partial charge is 0.354 e. The Morgan fingerprint density at radius 3 is 2.57 bits per heavy atom. The second-order valence-electron chi connectivity index (χ2n) is 5.27. The zero-order valence-corrected chi connectivity index (χ0v) is 13.9. The quantitative estimate of drug-likeness (QED) is 0.580. The van der Waals surface area contributed by atoms with Gasteiger partial charge in [-0.05, 0) is 24.5 Å². The minimum atomic E-state index is -0.441. The molecule has 0 bridgehead atoms. The molecule has 0 aromatic heterocycles. The third kappa shape index (κ3) is 5.81. The lowest BCUT2D eigenvalue weighted by molar-refractivity contribution is -0.384. The average Bonchev–Trinajstić information content (AvgIpc) is 2.42. The lowest BCUT2D eigenvalue weighted by atomic mass is 10.2. The van der Waals surface area contributed by atoms with Gasteiger partial charge in [0.1, 0.15) is 0 Å². The number of nitrogens with one attached hydrogen (secondary N) is 2.